The number of hydrogen-bond acceptors (Lipinski definition) is 2. The van der Waals surface area contributed by atoms with Gasteiger partial charge in [-0.2, -0.15) is 0 Å². The van der Waals surface area contributed by atoms with Gasteiger partial charge in [-0.3, -0.25) is 4.79 Å². The van der Waals surface area contributed by atoms with Gasteiger partial charge < -0.3 is 11.1 Å². The van der Waals surface area contributed by atoms with Gasteiger partial charge >= 0.3 is 0 Å². The number of halogens is 1. The van der Waals surface area contributed by atoms with Crippen molar-refractivity contribution in [2.24, 2.45) is 0 Å². The van der Waals surface area contributed by atoms with E-state index in [1.54, 1.807) is 0 Å². The Morgan fingerprint density at radius 1 is 1.24 bits per heavy atom. The van der Waals surface area contributed by atoms with Gasteiger partial charge in [0.1, 0.15) is 0 Å². The number of benzene rings is 2. The first kappa shape index (κ1) is 15.6. The number of carbonyl (C=O) groups excluding carboxylic acids is 1. The zero-order valence-electron chi connectivity index (χ0n) is 12.0. The van der Waals surface area contributed by atoms with E-state index in [0.29, 0.717) is 12.8 Å². The topological polar surface area (TPSA) is 55.1 Å². The first-order chi connectivity index (χ1) is 10.1. The molecule has 110 valence electrons. The molecule has 0 aliphatic heterocycles. The minimum absolute atomic E-state index is 0.0110. The fourth-order valence-corrected chi connectivity index (χ4v) is 2.60. The van der Waals surface area contributed by atoms with Crippen LogP contribution in [0.2, 0.25) is 0 Å². The van der Waals surface area contributed by atoms with E-state index < -0.39 is 0 Å². The summed E-state index contributed by atoms with van der Waals surface area (Å²) >= 11 is 3.44. The summed E-state index contributed by atoms with van der Waals surface area (Å²) in [5.41, 5.74) is 8.72. The van der Waals surface area contributed by atoms with Gasteiger partial charge in [0.05, 0.1) is 6.04 Å². The third-order valence-electron chi connectivity index (χ3n) is 3.40. The van der Waals surface area contributed by atoms with Crippen LogP contribution >= 0.6 is 15.9 Å². The Balaban J connectivity index is 1.89. The number of hydrogen-bond donors (Lipinski definition) is 2. The lowest BCUT2D eigenvalue weighted by molar-refractivity contribution is -0.121. The molecule has 0 aliphatic rings. The Kier molecular flexibility index (Phi) is 5.39. The Labute approximate surface area is 133 Å². The maximum Gasteiger partial charge on any atom is 0.220 e. The standard InChI is InChI=1S/C17H19BrN2O/c1-12(14-6-4-7-15(18)11-14)20-17(21)10-9-13-5-2-3-8-16(13)19/h2-8,11-12H,9-10,19H2,1H3,(H,20,21)/t12-/m1/s1. The van der Waals surface area contributed by atoms with E-state index in [4.69, 9.17) is 5.73 Å². The first-order valence-corrected chi connectivity index (χ1v) is 7.74. The average Bonchev–Trinajstić information content (AvgIpc) is 2.46. The van der Waals surface area contributed by atoms with Gasteiger partial charge in [0, 0.05) is 16.6 Å². The lowest BCUT2D eigenvalue weighted by atomic mass is 10.1. The minimum atomic E-state index is -0.0110. The molecule has 0 saturated carbocycles. The van der Waals surface area contributed by atoms with Crippen molar-refractivity contribution in [1.29, 1.82) is 0 Å². The van der Waals surface area contributed by atoms with Gasteiger partial charge in [0.25, 0.3) is 0 Å². The summed E-state index contributed by atoms with van der Waals surface area (Å²) in [5.74, 6) is 0.0331. The van der Waals surface area contributed by atoms with Crippen molar-refractivity contribution >= 4 is 27.5 Å². The van der Waals surface area contributed by atoms with E-state index in [1.165, 1.54) is 0 Å². The number of aryl methyl sites for hydroxylation is 1. The van der Waals surface area contributed by atoms with Gasteiger partial charge in [0.15, 0.2) is 0 Å². The Bertz CT molecular complexity index is 628. The van der Waals surface area contributed by atoms with E-state index >= 15 is 0 Å². The molecule has 0 spiro atoms. The second-order valence-electron chi connectivity index (χ2n) is 5.04. The molecule has 21 heavy (non-hydrogen) atoms. The molecule has 2 aromatic carbocycles. The van der Waals surface area contributed by atoms with E-state index in [0.717, 1.165) is 21.3 Å². The second kappa shape index (κ2) is 7.27. The van der Waals surface area contributed by atoms with Crippen molar-refractivity contribution in [3.63, 3.8) is 0 Å². The summed E-state index contributed by atoms with van der Waals surface area (Å²) in [4.78, 5) is 12.0. The molecule has 1 amide bonds. The van der Waals surface area contributed by atoms with Gasteiger partial charge in [-0.25, -0.2) is 0 Å². The molecule has 0 fully saturated rings. The maximum absolute atomic E-state index is 12.0. The molecule has 2 aromatic rings. The summed E-state index contributed by atoms with van der Waals surface area (Å²) in [7, 11) is 0. The number of para-hydroxylation sites is 1. The quantitative estimate of drug-likeness (QED) is 0.808. The number of carbonyl (C=O) groups is 1. The fraction of sp³-hybridized carbons (Fsp3) is 0.235. The number of nitrogens with two attached hydrogens (primary N) is 1. The maximum atomic E-state index is 12.0. The number of amides is 1. The number of nitrogens with one attached hydrogen (secondary N) is 1. The van der Waals surface area contributed by atoms with Gasteiger partial charge in [-0.1, -0.05) is 46.3 Å². The van der Waals surface area contributed by atoms with Crippen LogP contribution < -0.4 is 11.1 Å². The molecule has 4 heteroatoms. The van der Waals surface area contributed by atoms with Crippen molar-refractivity contribution < 1.29 is 4.79 Å². The molecule has 0 radical (unpaired) electrons. The molecule has 0 bridgehead atoms. The summed E-state index contributed by atoms with van der Waals surface area (Å²) in [5, 5.41) is 3.01. The lowest BCUT2D eigenvalue weighted by Crippen LogP contribution is -2.26. The van der Waals surface area contributed by atoms with Crippen LogP contribution in [0.15, 0.2) is 53.0 Å². The molecule has 0 aliphatic carbocycles. The predicted octanol–water partition coefficient (Wildman–Crippen LogP) is 3.84. The molecule has 0 heterocycles. The summed E-state index contributed by atoms with van der Waals surface area (Å²) in [6, 6.07) is 15.6. The van der Waals surface area contributed by atoms with Crippen LogP contribution in [0.25, 0.3) is 0 Å². The molecule has 1 atom stereocenters. The van der Waals surface area contributed by atoms with Crippen LogP contribution in [0.1, 0.15) is 30.5 Å². The second-order valence-corrected chi connectivity index (χ2v) is 5.96. The molecule has 2 rings (SSSR count). The van der Waals surface area contributed by atoms with Crippen molar-refractivity contribution in [2.45, 2.75) is 25.8 Å². The van der Waals surface area contributed by atoms with Crippen LogP contribution in [-0.4, -0.2) is 5.91 Å². The Hall–Kier alpha value is -1.81. The van der Waals surface area contributed by atoms with Crippen LogP contribution in [0.4, 0.5) is 5.69 Å². The summed E-state index contributed by atoms with van der Waals surface area (Å²) in [6.07, 6.45) is 1.09. The molecule has 3 N–H and O–H groups in total. The SMILES string of the molecule is C[C@@H](NC(=O)CCc1ccccc1N)c1cccc(Br)c1. The highest BCUT2D eigenvalue weighted by atomic mass is 79.9. The molecule has 0 saturated heterocycles. The highest BCUT2D eigenvalue weighted by Gasteiger charge is 2.10. The smallest absolute Gasteiger partial charge is 0.220 e. The van der Waals surface area contributed by atoms with Gasteiger partial charge in [0.2, 0.25) is 5.91 Å². The van der Waals surface area contributed by atoms with Crippen LogP contribution in [-0.2, 0) is 11.2 Å². The highest BCUT2D eigenvalue weighted by Crippen LogP contribution is 2.18. The Morgan fingerprint density at radius 3 is 2.71 bits per heavy atom. The molecular weight excluding hydrogens is 328 g/mol. The van der Waals surface area contributed by atoms with Gasteiger partial charge in [-0.05, 0) is 42.7 Å². The van der Waals surface area contributed by atoms with Crippen LogP contribution in [0.3, 0.4) is 0 Å². The van der Waals surface area contributed by atoms with Crippen molar-refractivity contribution in [2.75, 3.05) is 5.73 Å². The molecular formula is C17H19BrN2O. The van der Waals surface area contributed by atoms with Crippen LogP contribution in [0, 0.1) is 0 Å². The normalized spacial score (nSPS) is 11.9. The fourth-order valence-electron chi connectivity index (χ4n) is 2.18. The minimum Gasteiger partial charge on any atom is -0.399 e. The summed E-state index contributed by atoms with van der Waals surface area (Å²) in [6.45, 7) is 1.98. The Morgan fingerprint density at radius 2 is 2.00 bits per heavy atom. The number of anilines is 1. The number of rotatable bonds is 5. The zero-order valence-corrected chi connectivity index (χ0v) is 13.6. The van der Waals surface area contributed by atoms with E-state index in [-0.39, 0.29) is 11.9 Å². The van der Waals surface area contributed by atoms with Crippen molar-refractivity contribution in [1.82, 2.24) is 5.32 Å². The third kappa shape index (κ3) is 4.60. The zero-order chi connectivity index (χ0) is 15.2. The summed E-state index contributed by atoms with van der Waals surface area (Å²) < 4.78 is 1.01. The predicted molar refractivity (Wildman–Crippen MR) is 89.9 cm³/mol. The third-order valence-corrected chi connectivity index (χ3v) is 3.90. The molecule has 0 aromatic heterocycles. The first-order valence-electron chi connectivity index (χ1n) is 6.94. The molecule has 3 nitrogen and oxygen atoms in total. The average molecular weight is 347 g/mol. The number of nitrogen functional groups attached to an aromatic ring is 1. The van der Waals surface area contributed by atoms with Gasteiger partial charge in [-0.15, -0.1) is 0 Å². The van der Waals surface area contributed by atoms with E-state index in [2.05, 4.69) is 21.2 Å². The van der Waals surface area contributed by atoms with E-state index in [1.807, 2.05) is 55.5 Å². The molecule has 0 unspecified atom stereocenters. The van der Waals surface area contributed by atoms with Crippen molar-refractivity contribution in [3.05, 3.63) is 64.1 Å². The largest absolute Gasteiger partial charge is 0.399 e. The van der Waals surface area contributed by atoms with Crippen LogP contribution in [0.5, 0.6) is 0 Å². The van der Waals surface area contributed by atoms with Crippen molar-refractivity contribution in [3.8, 4) is 0 Å². The monoisotopic (exact) mass is 346 g/mol. The highest BCUT2D eigenvalue weighted by molar-refractivity contribution is 9.10. The van der Waals surface area contributed by atoms with E-state index in [9.17, 15) is 4.79 Å². The lowest BCUT2D eigenvalue weighted by Gasteiger charge is -2.15.